The Kier molecular flexibility index (Phi) is 6.85. The second-order valence-electron chi connectivity index (χ2n) is 6.25. The number of rotatable bonds is 10. The van der Waals surface area contributed by atoms with Gasteiger partial charge in [0.1, 0.15) is 0 Å². The first-order valence-corrected chi connectivity index (χ1v) is 8.95. The molecule has 0 fully saturated rings. The molecule has 0 saturated heterocycles. The maximum atomic E-state index is 3.74. The van der Waals surface area contributed by atoms with Gasteiger partial charge in [0.2, 0.25) is 0 Å². The Labute approximate surface area is 130 Å². The van der Waals surface area contributed by atoms with E-state index in [9.17, 15) is 0 Å². The van der Waals surface area contributed by atoms with E-state index < -0.39 is 0 Å². The van der Waals surface area contributed by atoms with E-state index in [0.29, 0.717) is 0 Å². The van der Waals surface area contributed by atoms with Crippen LogP contribution in [-0.4, -0.2) is 4.98 Å². The molecule has 21 heavy (non-hydrogen) atoms. The summed E-state index contributed by atoms with van der Waals surface area (Å²) in [6.07, 6.45) is 13.1. The van der Waals surface area contributed by atoms with Crippen LogP contribution in [0, 0.1) is 0 Å². The molecule has 1 N–H and O–H groups in total. The summed E-state index contributed by atoms with van der Waals surface area (Å²) in [7, 11) is 0. The van der Waals surface area contributed by atoms with Crippen LogP contribution in [0.5, 0.6) is 0 Å². The molecule has 0 aliphatic heterocycles. The molecule has 1 nitrogen and oxygen atoms in total. The summed E-state index contributed by atoms with van der Waals surface area (Å²) in [4.78, 5) is 3.74. The van der Waals surface area contributed by atoms with Gasteiger partial charge in [-0.25, -0.2) is 0 Å². The van der Waals surface area contributed by atoms with Gasteiger partial charge in [0.05, 0.1) is 0 Å². The van der Waals surface area contributed by atoms with Crippen LogP contribution in [0.25, 0.3) is 10.8 Å². The summed E-state index contributed by atoms with van der Waals surface area (Å²) in [5.41, 5.74) is 2.93. The predicted octanol–water partition coefficient (Wildman–Crippen LogP) is 6.41. The normalized spacial score (nSPS) is 11.3. The summed E-state index contributed by atoms with van der Waals surface area (Å²) in [6, 6.07) is 8.92. The van der Waals surface area contributed by atoms with Crippen LogP contribution in [-0.2, 0) is 12.8 Å². The lowest BCUT2D eigenvalue weighted by Crippen LogP contribution is -1.90. The van der Waals surface area contributed by atoms with E-state index in [1.165, 1.54) is 86.4 Å². The third-order valence-electron chi connectivity index (χ3n) is 4.44. The van der Waals surface area contributed by atoms with Crippen molar-refractivity contribution < 1.29 is 0 Å². The van der Waals surface area contributed by atoms with Gasteiger partial charge in [0.25, 0.3) is 0 Å². The van der Waals surface area contributed by atoms with Crippen LogP contribution < -0.4 is 0 Å². The Morgan fingerprint density at radius 1 is 0.667 bits per heavy atom. The molecule has 2 aromatic rings. The Hall–Kier alpha value is -1.24. The molecule has 0 aliphatic carbocycles. The van der Waals surface area contributed by atoms with Gasteiger partial charge >= 0.3 is 0 Å². The monoisotopic (exact) mass is 285 g/mol. The number of fused-ring (bicyclic) bond motifs is 1. The van der Waals surface area contributed by atoms with Crippen molar-refractivity contribution in [2.45, 2.75) is 78.1 Å². The molecule has 1 heterocycles. The number of aromatic nitrogens is 1. The summed E-state index contributed by atoms with van der Waals surface area (Å²) < 4.78 is 0. The molecular formula is C20H31N. The van der Waals surface area contributed by atoms with Crippen LogP contribution >= 0.6 is 0 Å². The highest BCUT2D eigenvalue weighted by molar-refractivity contribution is 5.88. The Morgan fingerprint density at radius 3 is 1.57 bits per heavy atom. The fraction of sp³-hybridized carbons (Fsp3) is 0.600. The standard InChI is InChI=1S/C20H31N/c1-3-5-7-9-15-19-17-13-11-12-14-18(17)20(21-19)16-10-8-6-4-2/h11-14,21H,3-10,15-16H2,1-2H3. The quantitative estimate of drug-likeness (QED) is 0.485. The highest BCUT2D eigenvalue weighted by Gasteiger charge is 2.09. The van der Waals surface area contributed by atoms with Gasteiger partial charge in [-0.3, -0.25) is 0 Å². The van der Waals surface area contributed by atoms with Crippen molar-refractivity contribution in [3.63, 3.8) is 0 Å². The van der Waals surface area contributed by atoms with Gasteiger partial charge in [-0.1, -0.05) is 76.6 Å². The molecule has 0 saturated carbocycles. The van der Waals surface area contributed by atoms with Gasteiger partial charge < -0.3 is 4.98 Å². The number of nitrogens with one attached hydrogen (secondary N) is 1. The van der Waals surface area contributed by atoms with Crippen molar-refractivity contribution in [1.29, 1.82) is 0 Å². The van der Waals surface area contributed by atoms with Crippen LogP contribution in [0.2, 0.25) is 0 Å². The van der Waals surface area contributed by atoms with Gasteiger partial charge in [-0.2, -0.15) is 0 Å². The number of unbranched alkanes of at least 4 members (excludes halogenated alkanes) is 6. The zero-order valence-electron chi connectivity index (χ0n) is 13.9. The minimum absolute atomic E-state index is 1.20. The van der Waals surface area contributed by atoms with E-state index >= 15 is 0 Å². The molecule has 2 rings (SSSR count). The van der Waals surface area contributed by atoms with Gasteiger partial charge in [0, 0.05) is 22.2 Å². The molecule has 1 aromatic heterocycles. The smallest absolute Gasteiger partial charge is 0.0229 e. The molecule has 0 radical (unpaired) electrons. The summed E-state index contributed by atoms with van der Waals surface area (Å²) in [5.74, 6) is 0. The van der Waals surface area contributed by atoms with E-state index in [1.54, 1.807) is 0 Å². The minimum Gasteiger partial charge on any atom is -0.361 e. The third kappa shape index (κ3) is 4.62. The maximum Gasteiger partial charge on any atom is 0.0229 e. The lowest BCUT2D eigenvalue weighted by molar-refractivity contribution is 0.654. The topological polar surface area (TPSA) is 15.8 Å². The van der Waals surface area contributed by atoms with Crippen LogP contribution in [0.15, 0.2) is 24.3 Å². The van der Waals surface area contributed by atoms with Gasteiger partial charge in [-0.15, -0.1) is 0 Å². The number of H-pyrrole nitrogens is 1. The average molecular weight is 285 g/mol. The zero-order valence-corrected chi connectivity index (χ0v) is 13.9. The molecule has 0 aliphatic rings. The summed E-state index contributed by atoms with van der Waals surface area (Å²) in [5, 5.41) is 2.92. The van der Waals surface area contributed by atoms with Crippen LogP contribution in [0.4, 0.5) is 0 Å². The zero-order chi connectivity index (χ0) is 14.9. The number of aromatic amines is 1. The average Bonchev–Trinajstić information content (AvgIpc) is 2.87. The highest BCUT2D eigenvalue weighted by Crippen LogP contribution is 2.25. The molecule has 0 atom stereocenters. The molecular weight excluding hydrogens is 254 g/mol. The van der Waals surface area contributed by atoms with Crippen LogP contribution in [0.3, 0.4) is 0 Å². The Bertz CT molecular complexity index is 478. The SMILES string of the molecule is CCCCCCc1[nH]c(CCCCCC)c2ccccc12. The van der Waals surface area contributed by atoms with Crippen molar-refractivity contribution in [2.75, 3.05) is 0 Å². The highest BCUT2D eigenvalue weighted by atomic mass is 14.7. The Morgan fingerprint density at radius 2 is 1.14 bits per heavy atom. The number of hydrogen-bond donors (Lipinski definition) is 1. The second-order valence-corrected chi connectivity index (χ2v) is 6.25. The third-order valence-corrected chi connectivity index (χ3v) is 4.44. The molecule has 0 amide bonds. The first kappa shape index (κ1) is 16.1. The minimum atomic E-state index is 1.20. The summed E-state index contributed by atoms with van der Waals surface area (Å²) in [6.45, 7) is 4.55. The van der Waals surface area contributed by atoms with E-state index in [4.69, 9.17) is 0 Å². The number of hydrogen-bond acceptors (Lipinski definition) is 0. The van der Waals surface area contributed by atoms with Crippen molar-refractivity contribution in [2.24, 2.45) is 0 Å². The van der Waals surface area contributed by atoms with Crippen molar-refractivity contribution >= 4 is 10.8 Å². The van der Waals surface area contributed by atoms with Crippen molar-refractivity contribution in [1.82, 2.24) is 4.98 Å². The summed E-state index contributed by atoms with van der Waals surface area (Å²) >= 11 is 0. The largest absolute Gasteiger partial charge is 0.361 e. The number of aryl methyl sites for hydroxylation is 2. The molecule has 0 bridgehead atoms. The van der Waals surface area contributed by atoms with Crippen molar-refractivity contribution in [3.05, 3.63) is 35.7 Å². The fourth-order valence-electron chi connectivity index (χ4n) is 3.18. The van der Waals surface area contributed by atoms with Gasteiger partial charge in [0.15, 0.2) is 0 Å². The molecule has 0 spiro atoms. The van der Waals surface area contributed by atoms with Crippen LogP contribution in [0.1, 0.15) is 76.6 Å². The van der Waals surface area contributed by atoms with E-state index in [0.717, 1.165) is 0 Å². The van der Waals surface area contributed by atoms with E-state index in [2.05, 4.69) is 43.1 Å². The molecule has 1 heteroatoms. The predicted molar refractivity (Wildman–Crippen MR) is 94.0 cm³/mol. The lowest BCUT2D eigenvalue weighted by Gasteiger charge is -2.00. The van der Waals surface area contributed by atoms with Gasteiger partial charge in [-0.05, 0) is 25.7 Å². The molecule has 1 aromatic carbocycles. The first-order valence-electron chi connectivity index (χ1n) is 8.95. The second kappa shape index (κ2) is 8.92. The Balaban J connectivity index is 2.03. The molecule has 0 unspecified atom stereocenters. The lowest BCUT2D eigenvalue weighted by atomic mass is 10.1. The molecule has 116 valence electrons. The number of benzene rings is 1. The van der Waals surface area contributed by atoms with E-state index in [-0.39, 0.29) is 0 Å². The van der Waals surface area contributed by atoms with Crippen molar-refractivity contribution in [3.8, 4) is 0 Å². The van der Waals surface area contributed by atoms with E-state index in [1.807, 2.05) is 0 Å². The maximum absolute atomic E-state index is 3.74. The first-order chi connectivity index (χ1) is 10.4. The fourth-order valence-corrected chi connectivity index (χ4v) is 3.18.